The lowest BCUT2D eigenvalue weighted by atomic mass is 10.1. The first-order valence-corrected chi connectivity index (χ1v) is 6.86. The van der Waals surface area contributed by atoms with E-state index in [-0.39, 0.29) is 17.6 Å². The van der Waals surface area contributed by atoms with E-state index in [4.69, 9.17) is 0 Å². The molecule has 1 aromatic rings. The van der Waals surface area contributed by atoms with Gasteiger partial charge in [-0.25, -0.2) is 0 Å². The molecule has 0 radical (unpaired) electrons. The van der Waals surface area contributed by atoms with E-state index in [0.29, 0.717) is 0 Å². The number of rotatable bonds is 4. The molecule has 0 spiro atoms. The van der Waals surface area contributed by atoms with Gasteiger partial charge in [0, 0.05) is 18.1 Å². The van der Waals surface area contributed by atoms with Crippen LogP contribution in [0, 0.1) is 0 Å². The van der Waals surface area contributed by atoms with Gasteiger partial charge >= 0.3 is 6.18 Å². The highest BCUT2D eigenvalue weighted by Crippen LogP contribution is 2.34. The molecule has 4 nitrogen and oxygen atoms in total. The second-order valence-corrected chi connectivity index (χ2v) is 5.10. The molecule has 1 N–H and O–H groups in total. The van der Waals surface area contributed by atoms with Crippen molar-refractivity contribution in [3.8, 4) is 0 Å². The van der Waals surface area contributed by atoms with Crippen molar-refractivity contribution in [1.29, 1.82) is 0 Å². The Bertz CT molecular complexity index is 547. The topological polar surface area (TPSA) is 49.4 Å². The third-order valence-corrected chi connectivity index (χ3v) is 3.29. The highest BCUT2D eigenvalue weighted by molar-refractivity contribution is 9.10. The lowest BCUT2D eigenvalue weighted by Crippen LogP contribution is -2.40. The Labute approximate surface area is 128 Å². The van der Waals surface area contributed by atoms with Crippen LogP contribution in [0.4, 0.5) is 13.2 Å². The summed E-state index contributed by atoms with van der Waals surface area (Å²) >= 11 is 2.95. The summed E-state index contributed by atoms with van der Waals surface area (Å²) in [4.78, 5) is 24.6. The van der Waals surface area contributed by atoms with Crippen LogP contribution in [-0.2, 0) is 11.0 Å². The fourth-order valence-electron chi connectivity index (χ4n) is 1.69. The van der Waals surface area contributed by atoms with Crippen LogP contribution in [0.2, 0.25) is 0 Å². The Morgan fingerprint density at radius 3 is 2.43 bits per heavy atom. The van der Waals surface area contributed by atoms with Gasteiger partial charge in [0.1, 0.15) is 0 Å². The minimum atomic E-state index is -4.65. The third kappa shape index (κ3) is 4.45. The zero-order valence-electron chi connectivity index (χ0n) is 11.4. The van der Waals surface area contributed by atoms with Gasteiger partial charge in [-0.1, -0.05) is 15.9 Å². The third-order valence-electron chi connectivity index (χ3n) is 2.80. The zero-order chi connectivity index (χ0) is 16.2. The molecule has 8 heteroatoms. The minimum Gasteiger partial charge on any atom is -0.358 e. The molecule has 1 aromatic carbocycles. The van der Waals surface area contributed by atoms with E-state index in [2.05, 4.69) is 21.2 Å². The number of hydrogen-bond donors (Lipinski definition) is 1. The maximum absolute atomic E-state index is 13.0. The molecule has 0 bridgehead atoms. The monoisotopic (exact) mass is 366 g/mol. The van der Waals surface area contributed by atoms with Crippen LogP contribution in [-0.4, -0.2) is 36.9 Å². The summed E-state index contributed by atoms with van der Waals surface area (Å²) in [5.41, 5.74) is -1.51. The summed E-state index contributed by atoms with van der Waals surface area (Å²) in [6, 6.07) is 3.30. The highest BCUT2D eigenvalue weighted by atomic mass is 79.9. The summed E-state index contributed by atoms with van der Waals surface area (Å²) in [6.45, 7) is 1.42. The number of carbonyl (C=O) groups excluding carboxylic acids is 2. The van der Waals surface area contributed by atoms with Crippen molar-refractivity contribution < 1.29 is 22.8 Å². The van der Waals surface area contributed by atoms with E-state index in [1.165, 1.54) is 13.1 Å². The standard InChI is InChI=1S/C13H14BrF3N2O2/c1-3-19(7-11(20)18-2)12(21)9-5-4-8(14)6-10(9)13(15,16)17/h4-6H,3,7H2,1-2H3,(H,18,20). The maximum Gasteiger partial charge on any atom is 0.417 e. The van der Waals surface area contributed by atoms with Crippen molar-refractivity contribution in [2.75, 3.05) is 20.1 Å². The summed E-state index contributed by atoms with van der Waals surface area (Å²) in [5, 5.41) is 2.33. The van der Waals surface area contributed by atoms with Crippen molar-refractivity contribution in [3.63, 3.8) is 0 Å². The van der Waals surface area contributed by atoms with Gasteiger partial charge in [-0.05, 0) is 25.1 Å². The van der Waals surface area contributed by atoms with Crippen molar-refractivity contribution in [3.05, 3.63) is 33.8 Å². The van der Waals surface area contributed by atoms with E-state index >= 15 is 0 Å². The minimum absolute atomic E-state index is 0.125. The molecule has 0 heterocycles. The van der Waals surface area contributed by atoms with Crippen LogP contribution in [0.1, 0.15) is 22.8 Å². The van der Waals surface area contributed by atoms with Gasteiger partial charge < -0.3 is 10.2 Å². The van der Waals surface area contributed by atoms with Gasteiger partial charge in [-0.2, -0.15) is 13.2 Å². The van der Waals surface area contributed by atoms with Crippen molar-refractivity contribution in [2.45, 2.75) is 13.1 Å². The molecular formula is C13H14BrF3N2O2. The van der Waals surface area contributed by atoms with Gasteiger partial charge in [0.05, 0.1) is 17.7 Å². The molecule has 1 rings (SSSR count). The van der Waals surface area contributed by atoms with Gasteiger partial charge in [0.2, 0.25) is 5.91 Å². The number of alkyl halides is 3. The predicted molar refractivity (Wildman–Crippen MR) is 74.8 cm³/mol. The van der Waals surface area contributed by atoms with Crippen molar-refractivity contribution in [2.24, 2.45) is 0 Å². The van der Waals surface area contributed by atoms with Crippen LogP contribution in [0.5, 0.6) is 0 Å². The molecule has 0 aliphatic heterocycles. The molecule has 0 saturated heterocycles. The number of carbonyl (C=O) groups is 2. The fourth-order valence-corrected chi connectivity index (χ4v) is 2.05. The Morgan fingerprint density at radius 1 is 1.33 bits per heavy atom. The number of nitrogens with zero attached hydrogens (tertiary/aromatic N) is 1. The molecule has 0 saturated carbocycles. The van der Waals surface area contributed by atoms with Gasteiger partial charge in [0.15, 0.2) is 0 Å². The van der Waals surface area contributed by atoms with E-state index in [0.717, 1.165) is 17.0 Å². The van der Waals surface area contributed by atoms with E-state index in [9.17, 15) is 22.8 Å². The molecule has 116 valence electrons. The lowest BCUT2D eigenvalue weighted by molar-refractivity contribution is -0.138. The molecule has 2 amide bonds. The van der Waals surface area contributed by atoms with E-state index in [1.54, 1.807) is 6.92 Å². The van der Waals surface area contributed by atoms with Crippen molar-refractivity contribution in [1.82, 2.24) is 10.2 Å². The molecule has 21 heavy (non-hydrogen) atoms. The average Bonchev–Trinajstić information content (AvgIpc) is 2.42. The molecule has 0 aromatic heterocycles. The first-order chi connectivity index (χ1) is 9.70. The maximum atomic E-state index is 13.0. The van der Waals surface area contributed by atoms with E-state index in [1.807, 2.05) is 0 Å². The van der Waals surface area contributed by atoms with Crippen LogP contribution in [0.15, 0.2) is 22.7 Å². The number of nitrogens with one attached hydrogen (secondary N) is 1. The first-order valence-electron chi connectivity index (χ1n) is 6.07. The first kappa shape index (κ1) is 17.5. The van der Waals surface area contributed by atoms with Gasteiger partial charge in [0.25, 0.3) is 5.91 Å². The molecular weight excluding hydrogens is 353 g/mol. The molecule has 0 aliphatic carbocycles. The molecule has 0 unspecified atom stereocenters. The SMILES string of the molecule is CCN(CC(=O)NC)C(=O)c1ccc(Br)cc1C(F)(F)F. The van der Waals surface area contributed by atoms with Crippen LogP contribution in [0.3, 0.4) is 0 Å². The molecule has 0 aliphatic rings. The Kier molecular flexibility index (Phi) is 5.77. The summed E-state index contributed by atoms with van der Waals surface area (Å²) in [7, 11) is 1.39. The fraction of sp³-hybridized carbons (Fsp3) is 0.385. The van der Waals surface area contributed by atoms with E-state index < -0.39 is 29.1 Å². The lowest BCUT2D eigenvalue weighted by Gasteiger charge is -2.22. The molecule has 0 fully saturated rings. The number of amides is 2. The smallest absolute Gasteiger partial charge is 0.358 e. The Morgan fingerprint density at radius 2 is 1.95 bits per heavy atom. The summed E-state index contributed by atoms with van der Waals surface area (Å²) in [6.07, 6.45) is -4.65. The number of halogens is 4. The van der Waals surface area contributed by atoms with Crippen LogP contribution < -0.4 is 5.32 Å². The second kappa shape index (κ2) is 6.93. The van der Waals surface area contributed by atoms with Crippen molar-refractivity contribution >= 4 is 27.7 Å². The Balaban J connectivity index is 3.19. The van der Waals surface area contributed by atoms with Crippen LogP contribution >= 0.6 is 15.9 Å². The number of hydrogen-bond acceptors (Lipinski definition) is 2. The number of benzene rings is 1. The normalized spacial score (nSPS) is 11.1. The molecule has 0 atom stereocenters. The second-order valence-electron chi connectivity index (χ2n) is 4.18. The zero-order valence-corrected chi connectivity index (χ0v) is 13.0. The number of likely N-dealkylation sites (N-methyl/N-ethyl adjacent to an activating group) is 2. The largest absolute Gasteiger partial charge is 0.417 e. The highest BCUT2D eigenvalue weighted by Gasteiger charge is 2.36. The quantitative estimate of drug-likeness (QED) is 0.890. The summed E-state index contributed by atoms with van der Waals surface area (Å²) in [5.74, 6) is -1.28. The van der Waals surface area contributed by atoms with Gasteiger partial charge in [-0.15, -0.1) is 0 Å². The van der Waals surface area contributed by atoms with Gasteiger partial charge in [-0.3, -0.25) is 9.59 Å². The predicted octanol–water partition coefficient (Wildman–Crippen LogP) is 2.68. The Hall–Kier alpha value is -1.57. The van der Waals surface area contributed by atoms with Crippen LogP contribution in [0.25, 0.3) is 0 Å². The summed E-state index contributed by atoms with van der Waals surface area (Å²) < 4.78 is 39.3. The average molecular weight is 367 g/mol.